The first-order chi connectivity index (χ1) is 18.6. The molecule has 1 aliphatic rings. The van der Waals surface area contributed by atoms with E-state index >= 15 is 0 Å². The molecular weight excluding hydrogens is 480 g/mol. The second-order valence-corrected chi connectivity index (χ2v) is 9.10. The van der Waals surface area contributed by atoms with Crippen molar-refractivity contribution in [1.82, 2.24) is 15.2 Å². The molecule has 0 spiro atoms. The van der Waals surface area contributed by atoms with E-state index in [4.69, 9.17) is 14.3 Å². The maximum atomic E-state index is 12.7. The minimum atomic E-state index is -0.498. The van der Waals surface area contributed by atoms with Crippen molar-refractivity contribution in [2.75, 3.05) is 25.7 Å². The standard InChI is InChI=1S/C30H26N4O4/c1-36-28-17-23-15-16-33(19-24(23)18-29(28)37-2)25-13-11-21(12-14-25)20-7-9-22(10-8-20)30(35)38-34-27-6-4-3-5-26(27)31-32-34/h3-14,17-18H,15-16,19H2,1-2H3. The van der Waals surface area contributed by atoms with Crippen LogP contribution in [0.1, 0.15) is 21.5 Å². The second kappa shape index (κ2) is 9.89. The number of fused-ring (bicyclic) bond motifs is 2. The summed E-state index contributed by atoms with van der Waals surface area (Å²) < 4.78 is 11.0. The molecule has 2 heterocycles. The number of para-hydroxylation sites is 1. The quantitative estimate of drug-likeness (QED) is 0.302. The van der Waals surface area contributed by atoms with Crippen LogP contribution in [-0.4, -0.2) is 41.9 Å². The first kappa shape index (κ1) is 23.5. The van der Waals surface area contributed by atoms with Crippen LogP contribution >= 0.6 is 0 Å². The van der Waals surface area contributed by atoms with Gasteiger partial charge in [-0.2, -0.15) is 0 Å². The Bertz CT molecular complexity index is 1610. The number of anilines is 1. The first-order valence-corrected chi connectivity index (χ1v) is 12.4. The van der Waals surface area contributed by atoms with Crippen molar-refractivity contribution in [3.63, 3.8) is 0 Å². The average Bonchev–Trinajstić information content (AvgIpc) is 3.38. The zero-order chi connectivity index (χ0) is 26.1. The number of hydrogen-bond acceptors (Lipinski definition) is 7. The smallest absolute Gasteiger partial charge is 0.365 e. The number of aromatic nitrogens is 3. The van der Waals surface area contributed by atoms with E-state index in [1.807, 2.05) is 30.3 Å². The van der Waals surface area contributed by atoms with Crippen LogP contribution < -0.4 is 19.2 Å². The van der Waals surface area contributed by atoms with Gasteiger partial charge in [0.05, 0.1) is 19.8 Å². The normalized spacial score (nSPS) is 12.7. The molecule has 0 bridgehead atoms. The van der Waals surface area contributed by atoms with Crippen molar-refractivity contribution in [2.45, 2.75) is 13.0 Å². The number of carbonyl (C=O) groups is 1. The van der Waals surface area contributed by atoms with Gasteiger partial charge in [-0.1, -0.05) is 41.2 Å². The van der Waals surface area contributed by atoms with Crippen molar-refractivity contribution in [1.29, 1.82) is 0 Å². The van der Waals surface area contributed by atoms with E-state index in [-0.39, 0.29) is 0 Å². The number of methoxy groups -OCH3 is 2. The van der Waals surface area contributed by atoms with Crippen molar-refractivity contribution < 1.29 is 19.1 Å². The van der Waals surface area contributed by atoms with E-state index in [1.165, 1.54) is 11.1 Å². The van der Waals surface area contributed by atoms with Crippen LogP contribution in [0.2, 0.25) is 0 Å². The fourth-order valence-electron chi connectivity index (χ4n) is 4.81. The van der Waals surface area contributed by atoms with E-state index in [0.717, 1.165) is 52.7 Å². The van der Waals surface area contributed by atoms with Gasteiger partial charge in [0.25, 0.3) is 0 Å². The molecule has 4 aromatic carbocycles. The lowest BCUT2D eigenvalue weighted by molar-refractivity contribution is 0.0409. The Morgan fingerprint density at radius 1 is 0.816 bits per heavy atom. The molecule has 6 rings (SSSR count). The summed E-state index contributed by atoms with van der Waals surface area (Å²) in [6.07, 6.45) is 0.944. The molecule has 0 N–H and O–H groups in total. The Labute approximate surface area is 219 Å². The Morgan fingerprint density at radius 2 is 1.47 bits per heavy atom. The van der Waals surface area contributed by atoms with Gasteiger partial charge in [0, 0.05) is 18.8 Å². The van der Waals surface area contributed by atoms with Crippen LogP contribution in [0.25, 0.3) is 22.2 Å². The molecular formula is C30H26N4O4. The molecule has 0 atom stereocenters. The summed E-state index contributed by atoms with van der Waals surface area (Å²) in [6, 6.07) is 27.3. The highest BCUT2D eigenvalue weighted by Crippen LogP contribution is 2.35. The van der Waals surface area contributed by atoms with Gasteiger partial charge in [0.2, 0.25) is 0 Å². The zero-order valence-electron chi connectivity index (χ0n) is 21.1. The molecule has 0 fully saturated rings. The van der Waals surface area contributed by atoms with E-state index in [0.29, 0.717) is 16.6 Å². The lowest BCUT2D eigenvalue weighted by Crippen LogP contribution is -2.30. The number of ether oxygens (including phenoxy) is 2. The molecule has 0 saturated heterocycles. The predicted molar refractivity (Wildman–Crippen MR) is 145 cm³/mol. The Hall–Kier alpha value is -4.85. The highest BCUT2D eigenvalue weighted by molar-refractivity contribution is 5.90. The van der Waals surface area contributed by atoms with Crippen molar-refractivity contribution in [3.8, 4) is 22.6 Å². The third kappa shape index (κ3) is 4.41. The van der Waals surface area contributed by atoms with Crippen LogP contribution in [0.5, 0.6) is 11.5 Å². The summed E-state index contributed by atoms with van der Waals surface area (Å²) in [6.45, 7) is 1.74. The van der Waals surface area contributed by atoms with Gasteiger partial charge in [-0.3, -0.25) is 0 Å². The van der Waals surface area contributed by atoms with Crippen molar-refractivity contribution in [2.24, 2.45) is 0 Å². The number of carbonyl (C=O) groups excluding carboxylic acids is 1. The highest BCUT2D eigenvalue weighted by atomic mass is 16.7. The van der Waals surface area contributed by atoms with Crippen LogP contribution in [0, 0.1) is 0 Å². The van der Waals surface area contributed by atoms with E-state index in [2.05, 4.69) is 51.6 Å². The Balaban J connectivity index is 1.14. The maximum absolute atomic E-state index is 12.7. The summed E-state index contributed by atoms with van der Waals surface area (Å²) in [5.74, 6) is 1.03. The fourth-order valence-corrected chi connectivity index (χ4v) is 4.81. The topological polar surface area (TPSA) is 78.7 Å². The monoisotopic (exact) mass is 506 g/mol. The molecule has 0 radical (unpaired) electrons. The molecule has 0 saturated carbocycles. The summed E-state index contributed by atoms with van der Waals surface area (Å²) >= 11 is 0. The summed E-state index contributed by atoms with van der Waals surface area (Å²) in [7, 11) is 3.33. The molecule has 1 aliphatic heterocycles. The summed E-state index contributed by atoms with van der Waals surface area (Å²) in [5, 5.41) is 7.92. The van der Waals surface area contributed by atoms with Gasteiger partial charge in [0.15, 0.2) is 11.5 Å². The lowest BCUT2D eigenvalue weighted by Gasteiger charge is -2.31. The van der Waals surface area contributed by atoms with E-state index < -0.39 is 5.97 Å². The van der Waals surface area contributed by atoms with Crippen molar-refractivity contribution in [3.05, 3.63) is 102 Å². The Kier molecular flexibility index (Phi) is 6.13. The van der Waals surface area contributed by atoms with E-state index in [1.54, 1.807) is 32.4 Å². The van der Waals surface area contributed by atoms with Gasteiger partial charge in [-0.25, -0.2) is 4.79 Å². The van der Waals surface area contributed by atoms with Crippen LogP contribution in [0.4, 0.5) is 5.69 Å². The predicted octanol–water partition coefficient (Wildman–Crippen LogP) is 4.95. The first-order valence-electron chi connectivity index (χ1n) is 12.4. The molecule has 0 unspecified atom stereocenters. The summed E-state index contributed by atoms with van der Waals surface area (Å²) in [5.41, 5.74) is 7.52. The molecule has 5 aromatic rings. The van der Waals surface area contributed by atoms with Gasteiger partial charge in [-0.05, 0) is 82.4 Å². The molecule has 38 heavy (non-hydrogen) atoms. The fraction of sp³-hybridized carbons (Fsp3) is 0.167. The molecule has 190 valence electrons. The SMILES string of the molecule is COc1cc2c(cc1OC)CN(c1ccc(-c3ccc(C(=O)On4nnc5ccccc54)cc3)cc1)CC2. The number of rotatable bonds is 6. The number of hydrogen-bond donors (Lipinski definition) is 0. The van der Waals surface area contributed by atoms with Crippen LogP contribution in [-0.2, 0) is 13.0 Å². The van der Waals surface area contributed by atoms with Crippen molar-refractivity contribution >= 4 is 22.7 Å². The minimum Gasteiger partial charge on any atom is -0.493 e. The van der Waals surface area contributed by atoms with Gasteiger partial charge < -0.3 is 19.2 Å². The second-order valence-electron chi connectivity index (χ2n) is 9.10. The van der Waals surface area contributed by atoms with Crippen LogP contribution in [0.15, 0.2) is 84.9 Å². The molecule has 8 heteroatoms. The largest absolute Gasteiger partial charge is 0.493 e. The molecule has 1 aromatic heterocycles. The third-order valence-corrected chi connectivity index (χ3v) is 6.90. The maximum Gasteiger partial charge on any atom is 0.365 e. The van der Waals surface area contributed by atoms with E-state index in [9.17, 15) is 4.79 Å². The molecule has 8 nitrogen and oxygen atoms in total. The summed E-state index contributed by atoms with van der Waals surface area (Å²) in [4.78, 5) is 21.6. The highest BCUT2D eigenvalue weighted by Gasteiger charge is 2.20. The van der Waals surface area contributed by atoms with Gasteiger partial charge >= 0.3 is 5.97 Å². The Morgan fingerprint density at radius 3 is 2.18 bits per heavy atom. The van der Waals surface area contributed by atoms with Crippen LogP contribution in [0.3, 0.4) is 0 Å². The molecule has 0 amide bonds. The lowest BCUT2D eigenvalue weighted by atomic mass is 9.98. The minimum absolute atomic E-state index is 0.434. The third-order valence-electron chi connectivity index (χ3n) is 6.90. The zero-order valence-corrected chi connectivity index (χ0v) is 21.1. The average molecular weight is 507 g/mol. The van der Waals surface area contributed by atoms with Gasteiger partial charge in [-0.15, -0.1) is 5.10 Å². The number of benzene rings is 4. The number of nitrogens with zero attached hydrogens (tertiary/aromatic N) is 4. The molecule has 0 aliphatic carbocycles. The van der Waals surface area contributed by atoms with Gasteiger partial charge in [0.1, 0.15) is 11.0 Å².